The van der Waals surface area contributed by atoms with Gasteiger partial charge in [-0.1, -0.05) is 13.3 Å². The van der Waals surface area contributed by atoms with Crippen molar-refractivity contribution in [3.8, 4) is 0 Å². The molecule has 0 radical (unpaired) electrons. The van der Waals surface area contributed by atoms with Crippen molar-refractivity contribution >= 4 is 5.78 Å². The van der Waals surface area contributed by atoms with E-state index < -0.39 is 0 Å². The number of ether oxygens (including phenoxy) is 1. The molecule has 0 atom stereocenters. The second-order valence-corrected chi connectivity index (χ2v) is 5.11. The molecular weight excluding hydrogens is 214 g/mol. The number of likely N-dealkylation sites (tertiary alicyclic amines) is 1. The van der Waals surface area contributed by atoms with Crippen LogP contribution >= 0.6 is 0 Å². The normalized spacial score (nSPS) is 18.5. The average Bonchev–Trinajstić information content (AvgIpc) is 2.34. The molecule has 0 spiro atoms. The van der Waals surface area contributed by atoms with Gasteiger partial charge in [0.15, 0.2) is 0 Å². The number of hydrogen-bond donors (Lipinski definition) is 0. The molecule has 0 saturated carbocycles. The zero-order valence-corrected chi connectivity index (χ0v) is 11.4. The van der Waals surface area contributed by atoms with Crippen LogP contribution < -0.4 is 0 Å². The standard InChI is InChI=1S/C14H27NO2/c1-3-14-6-8-15(9-7-14)10-12-17-11-4-5-13(2)16/h14H,3-12H2,1-2H3. The van der Waals surface area contributed by atoms with E-state index in [-0.39, 0.29) is 5.78 Å². The summed E-state index contributed by atoms with van der Waals surface area (Å²) in [6.07, 6.45) is 5.55. The molecule has 0 aromatic rings. The highest BCUT2D eigenvalue weighted by atomic mass is 16.5. The lowest BCUT2D eigenvalue weighted by molar-refractivity contribution is -0.117. The van der Waals surface area contributed by atoms with Gasteiger partial charge in [0.2, 0.25) is 0 Å². The Hall–Kier alpha value is -0.410. The van der Waals surface area contributed by atoms with Gasteiger partial charge in [0.1, 0.15) is 5.78 Å². The largest absolute Gasteiger partial charge is 0.380 e. The number of rotatable bonds is 8. The molecule has 100 valence electrons. The van der Waals surface area contributed by atoms with Crippen molar-refractivity contribution in [2.75, 3.05) is 32.8 Å². The van der Waals surface area contributed by atoms with E-state index in [1.54, 1.807) is 6.92 Å². The Morgan fingerprint density at radius 3 is 2.59 bits per heavy atom. The fraction of sp³-hybridized carbons (Fsp3) is 0.929. The molecule has 1 heterocycles. The maximum Gasteiger partial charge on any atom is 0.129 e. The van der Waals surface area contributed by atoms with Crippen molar-refractivity contribution in [2.24, 2.45) is 5.92 Å². The van der Waals surface area contributed by atoms with Crippen molar-refractivity contribution in [3.05, 3.63) is 0 Å². The van der Waals surface area contributed by atoms with Gasteiger partial charge in [-0.3, -0.25) is 0 Å². The number of nitrogens with zero attached hydrogens (tertiary/aromatic N) is 1. The third-order valence-electron chi connectivity index (χ3n) is 3.65. The van der Waals surface area contributed by atoms with Crippen molar-refractivity contribution in [2.45, 2.75) is 46.0 Å². The van der Waals surface area contributed by atoms with Gasteiger partial charge >= 0.3 is 0 Å². The summed E-state index contributed by atoms with van der Waals surface area (Å²) in [4.78, 5) is 13.2. The summed E-state index contributed by atoms with van der Waals surface area (Å²) in [6, 6.07) is 0. The quantitative estimate of drug-likeness (QED) is 0.611. The van der Waals surface area contributed by atoms with Crippen LogP contribution in [0, 0.1) is 5.92 Å². The summed E-state index contributed by atoms with van der Waals surface area (Å²) in [5.41, 5.74) is 0. The average molecular weight is 241 g/mol. The lowest BCUT2D eigenvalue weighted by Crippen LogP contribution is -2.35. The summed E-state index contributed by atoms with van der Waals surface area (Å²) in [6.45, 7) is 8.98. The van der Waals surface area contributed by atoms with E-state index in [1.165, 1.54) is 32.4 Å². The molecule has 0 unspecified atom stereocenters. The molecule has 0 amide bonds. The summed E-state index contributed by atoms with van der Waals surface area (Å²) in [5, 5.41) is 0. The monoisotopic (exact) mass is 241 g/mol. The minimum atomic E-state index is 0.259. The molecule has 1 saturated heterocycles. The first-order valence-corrected chi connectivity index (χ1v) is 7.02. The van der Waals surface area contributed by atoms with Gasteiger partial charge in [0, 0.05) is 19.6 Å². The number of Topliss-reactive ketones (excluding diaryl/α,β-unsaturated/α-hetero) is 1. The fourth-order valence-corrected chi connectivity index (χ4v) is 2.34. The highest BCUT2D eigenvalue weighted by Gasteiger charge is 2.16. The van der Waals surface area contributed by atoms with Crippen LogP contribution in [0.1, 0.15) is 46.0 Å². The summed E-state index contributed by atoms with van der Waals surface area (Å²) >= 11 is 0. The van der Waals surface area contributed by atoms with Gasteiger partial charge in [-0.2, -0.15) is 0 Å². The topological polar surface area (TPSA) is 29.5 Å². The number of carbonyl (C=O) groups excluding carboxylic acids is 1. The van der Waals surface area contributed by atoms with E-state index >= 15 is 0 Å². The Kier molecular flexibility index (Phi) is 7.45. The Balaban J connectivity index is 1.91. The Bertz CT molecular complexity index is 210. The smallest absolute Gasteiger partial charge is 0.129 e. The predicted octanol–water partition coefficient (Wildman–Crippen LogP) is 2.49. The van der Waals surface area contributed by atoms with Crippen LogP contribution in [-0.4, -0.2) is 43.5 Å². The highest BCUT2D eigenvalue weighted by Crippen LogP contribution is 2.19. The SMILES string of the molecule is CCC1CCN(CCOCCCC(C)=O)CC1. The molecule has 1 rings (SSSR count). The molecule has 3 nitrogen and oxygen atoms in total. The number of carbonyl (C=O) groups is 1. The molecule has 1 aliphatic rings. The zero-order chi connectivity index (χ0) is 12.5. The van der Waals surface area contributed by atoms with Gasteiger partial charge in [0.25, 0.3) is 0 Å². The van der Waals surface area contributed by atoms with Crippen LogP contribution in [0.25, 0.3) is 0 Å². The van der Waals surface area contributed by atoms with E-state index in [0.717, 1.165) is 32.1 Å². The minimum Gasteiger partial charge on any atom is -0.380 e. The van der Waals surface area contributed by atoms with Gasteiger partial charge in [-0.15, -0.1) is 0 Å². The first-order valence-electron chi connectivity index (χ1n) is 7.02. The number of ketones is 1. The van der Waals surface area contributed by atoms with Crippen LogP contribution in [-0.2, 0) is 9.53 Å². The summed E-state index contributed by atoms with van der Waals surface area (Å²) in [7, 11) is 0. The van der Waals surface area contributed by atoms with Crippen LogP contribution in [0.4, 0.5) is 0 Å². The molecule has 0 N–H and O–H groups in total. The van der Waals surface area contributed by atoms with Crippen molar-refractivity contribution in [1.29, 1.82) is 0 Å². The lowest BCUT2D eigenvalue weighted by Gasteiger charge is -2.31. The first kappa shape index (κ1) is 14.7. The van der Waals surface area contributed by atoms with E-state index in [2.05, 4.69) is 11.8 Å². The van der Waals surface area contributed by atoms with E-state index in [4.69, 9.17) is 4.74 Å². The van der Waals surface area contributed by atoms with Crippen molar-refractivity contribution < 1.29 is 9.53 Å². The molecule has 0 bridgehead atoms. The number of hydrogen-bond acceptors (Lipinski definition) is 3. The van der Waals surface area contributed by atoms with Crippen molar-refractivity contribution in [3.63, 3.8) is 0 Å². The molecule has 0 aromatic heterocycles. The molecule has 1 fully saturated rings. The van der Waals surface area contributed by atoms with Crippen LogP contribution in [0.2, 0.25) is 0 Å². The van der Waals surface area contributed by atoms with Gasteiger partial charge in [-0.25, -0.2) is 0 Å². The highest BCUT2D eigenvalue weighted by molar-refractivity contribution is 5.75. The predicted molar refractivity (Wildman–Crippen MR) is 70.2 cm³/mol. The third-order valence-corrected chi connectivity index (χ3v) is 3.65. The van der Waals surface area contributed by atoms with E-state index in [1.807, 2.05) is 0 Å². The molecule has 3 heteroatoms. The van der Waals surface area contributed by atoms with Crippen LogP contribution in [0.5, 0.6) is 0 Å². The zero-order valence-electron chi connectivity index (χ0n) is 11.4. The maximum absolute atomic E-state index is 10.7. The Labute approximate surface area is 106 Å². The molecular formula is C14H27NO2. The molecule has 0 aliphatic carbocycles. The maximum atomic E-state index is 10.7. The first-order chi connectivity index (χ1) is 8.22. The lowest BCUT2D eigenvalue weighted by atomic mass is 9.94. The van der Waals surface area contributed by atoms with Crippen molar-refractivity contribution in [1.82, 2.24) is 4.90 Å². The summed E-state index contributed by atoms with van der Waals surface area (Å²) in [5.74, 6) is 1.21. The Morgan fingerprint density at radius 2 is 2.00 bits per heavy atom. The fourth-order valence-electron chi connectivity index (χ4n) is 2.34. The molecule has 0 aromatic carbocycles. The second-order valence-electron chi connectivity index (χ2n) is 5.11. The number of piperidine rings is 1. The van der Waals surface area contributed by atoms with E-state index in [0.29, 0.717) is 6.42 Å². The van der Waals surface area contributed by atoms with Gasteiger partial charge in [0.05, 0.1) is 6.61 Å². The minimum absolute atomic E-state index is 0.259. The summed E-state index contributed by atoms with van der Waals surface area (Å²) < 4.78 is 5.55. The Morgan fingerprint density at radius 1 is 1.29 bits per heavy atom. The molecule has 1 aliphatic heterocycles. The van der Waals surface area contributed by atoms with Gasteiger partial charge < -0.3 is 14.4 Å². The van der Waals surface area contributed by atoms with Gasteiger partial charge in [-0.05, 0) is 45.2 Å². The van der Waals surface area contributed by atoms with E-state index in [9.17, 15) is 4.79 Å². The second kappa shape index (κ2) is 8.65. The molecule has 17 heavy (non-hydrogen) atoms. The van der Waals surface area contributed by atoms with Crippen LogP contribution in [0.15, 0.2) is 0 Å². The third kappa shape index (κ3) is 6.79. The van der Waals surface area contributed by atoms with Crippen LogP contribution in [0.3, 0.4) is 0 Å².